The second kappa shape index (κ2) is 5.74. The Bertz CT molecular complexity index is 790. The molecular weight excluding hydrogens is 326 g/mol. The third-order valence-electron chi connectivity index (χ3n) is 4.79. The van der Waals surface area contributed by atoms with Crippen molar-refractivity contribution in [3.05, 3.63) is 41.4 Å². The number of rotatable bonds is 4. The van der Waals surface area contributed by atoms with E-state index in [1.54, 1.807) is 12.4 Å². The maximum atomic E-state index is 12.1. The van der Waals surface area contributed by atoms with Gasteiger partial charge in [-0.3, -0.25) is 4.79 Å². The zero-order valence-electron chi connectivity index (χ0n) is 13.4. The first-order chi connectivity index (χ1) is 11.5. The summed E-state index contributed by atoms with van der Waals surface area (Å²) in [5, 5.41) is 3.58. The molecule has 1 atom stereocenters. The molecule has 6 heteroatoms. The van der Waals surface area contributed by atoms with Gasteiger partial charge in [0.25, 0.3) is 0 Å². The van der Waals surface area contributed by atoms with Crippen LogP contribution in [-0.2, 0) is 11.2 Å². The van der Waals surface area contributed by atoms with Crippen LogP contribution in [0.3, 0.4) is 0 Å². The average molecular weight is 344 g/mol. The molecule has 2 heterocycles. The average Bonchev–Trinajstić information content (AvgIpc) is 3.20. The van der Waals surface area contributed by atoms with Gasteiger partial charge in [-0.2, -0.15) is 0 Å². The molecular formula is C18H18ClN3O2. The van der Waals surface area contributed by atoms with Gasteiger partial charge in [0.15, 0.2) is 0 Å². The van der Waals surface area contributed by atoms with Gasteiger partial charge in [0.2, 0.25) is 5.91 Å². The quantitative estimate of drug-likeness (QED) is 0.926. The number of aromatic nitrogens is 2. The van der Waals surface area contributed by atoms with Gasteiger partial charge < -0.3 is 10.1 Å². The third kappa shape index (κ3) is 2.84. The molecule has 5 nitrogen and oxygen atoms in total. The lowest BCUT2D eigenvalue weighted by molar-refractivity contribution is -0.126. The lowest BCUT2D eigenvalue weighted by Crippen LogP contribution is -2.38. The maximum Gasteiger partial charge on any atom is 0.226 e. The van der Waals surface area contributed by atoms with E-state index < -0.39 is 0 Å². The monoisotopic (exact) mass is 343 g/mol. The number of halogens is 1. The molecule has 1 saturated carbocycles. The Morgan fingerprint density at radius 2 is 2.08 bits per heavy atom. The Kier molecular flexibility index (Phi) is 3.68. The lowest BCUT2D eigenvalue weighted by Gasteiger charge is -2.14. The number of hydrogen-bond acceptors (Lipinski definition) is 4. The zero-order valence-corrected chi connectivity index (χ0v) is 14.1. The van der Waals surface area contributed by atoms with Crippen molar-refractivity contribution in [3.8, 4) is 16.9 Å². The maximum absolute atomic E-state index is 12.1. The smallest absolute Gasteiger partial charge is 0.226 e. The molecule has 1 aliphatic carbocycles. The highest BCUT2D eigenvalue weighted by molar-refractivity contribution is 6.32. The van der Waals surface area contributed by atoms with Gasteiger partial charge in [0.05, 0.1) is 11.6 Å². The summed E-state index contributed by atoms with van der Waals surface area (Å²) < 4.78 is 5.93. The van der Waals surface area contributed by atoms with E-state index in [2.05, 4.69) is 21.4 Å². The molecule has 1 aromatic heterocycles. The standard InChI is InChI=1S/C18H18ClN3O2/c1-18(2-3-18)17(23)22-9-14-5-12-4-11(6-15(19)16(12)24-14)13-7-20-10-21-8-13/h4,6-8,10,14H,2-3,5,9H2,1H3,(H,22,23). The van der Waals surface area contributed by atoms with Crippen LogP contribution in [0.5, 0.6) is 5.75 Å². The summed E-state index contributed by atoms with van der Waals surface area (Å²) in [5.74, 6) is 0.837. The van der Waals surface area contributed by atoms with Gasteiger partial charge in [0, 0.05) is 35.4 Å². The van der Waals surface area contributed by atoms with Gasteiger partial charge in [-0.05, 0) is 30.5 Å². The lowest BCUT2D eigenvalue weighted by atomic mass is 10.0. The summed E-state index contributed by atoms with van der Waals surface area (Å²) >= 11 is 6.38. The molecule has 0 spiro atoms. The van der Waals surface area contributed by atoms with Crippen LogP contribution in [0.4, 0.5) is 0 Å². The summed E-state index contributed by atoms with van der Waals surface area (Å²) in [6.45, 7) is 2.50. The highest BCUT2D eigenvalue weighted by Crippen LogP contribution is 2.45. The van der Waals surface area contributed by atoms with Crippen LogP contribution in [0.1, 0.15) is 25.3 Å². The second-order valence-electron chi connectivity index (χ2n) is 6.79. The third-order valence-corrected chi connectivity index (χ3v) is 5.07. The van der Waals surface area contributed by atoms with E-state index in [0.29, 0.717) is 17.3 Å². The van der Waals surface area contributed by atoms with Crippen LogP contribution in [0.25, 0.3) is 11.1 Å². The number of nitrogens with one attached hydrogen (secondary N) is 1. The van der Waals surface area contributed by atoms with E-state index in [4.69, 9.17) is 16.3 Å². The number of carbonyl (C=O) groups is 1. The van der Waals surface area contributed by atoms with Crippen molar-refractivity contribution in [2.75, 3.05) is 6.54 Å². The van der Waals surface area contributed by atoms with Gasteiger partial charge in [0.1, 0.15) is 18.2 Å². The summed E-state index contributed by atoms with van der Waals surface area (Å²) in [7, 11) is 0. The molecule has 1 fully saturated rings. The van der Waals surface area contributed by atoms with Crippen LogP contribution >= 0.6 is 11.6 Å². The molecule has 0 radical (unpaired) electrons. The van der Waals surface area contributed by atoms with Crippen molar-refractivity contribution in [1.29, 1.82) is 0 Å². The van der Waals surface area contributed by atoms with Crippen molar-refractivity contribution < 1.29 is 9.53 Å². The molecule has 0 saturated heterocycles. The van der Waals surface area contributed by atoms with Crippen LogP contribution < -0.4 is 10.1 Å². The van der Waals surface area contributed by atoms with Crippen LogP contribution in [-0.4, -0.2) is 28.5 Å². The van der Waals surface area contributed by atoms with Crippen LogP contribution in [0.2, 0.25) is 5.02 Å². The first kappa shape index (κ1) is 15.4. The predicted molar refractivity (Wildman–Crippen MR) is 90.9 cm³/mol. The first-order valence-corrected chi connectivity index (χ1v) is 8.46. The molecule has 4 rings (SSSR count). The number of fused-ring (bicyclic) bond motifs is 1. The minimum atomic E-state index is -0.163. The normalized spacial score (nSPS) is 20.2. The predicted octanol–water partition coefficient (Wildman–Crippen LogP) is 3.02. The fourth-order valence-corrected chi connectivity index (χ4v) is 3.23. The summed E-state index contributed by atoms with van der Waals surface area (Å²) in [5.41, 5.74) is 2.78. The van der Waals surface area contributed by atoms with Gasteiger partial charge >= 0.3 is 0 Å². The summed E-state index contributed by atoms with van der Waals surface area (Å²) in [4.78, 5) is 20.1. The molecule has 1 amide bonds. The Hall–Kier alpha value is -2.14. The van der Waals surface area contributed by atoms with E-state index in [1.807, 2.05) is 13.0 Å². The topological polar surface area (TPSA) is 64.1 Å². The molecule has 1 aromatic carbocycles. The van der Waals surface area contributed by atoms with E-state index in [-0.39, 0.29) is 17.4 Å². The minimum Gasteiger partial charge on any atom is -0.486 e. The molecule has 2 aliphatic rings. The summed E-state index contributed by atoms with van der Waals surface area (Å²) in [6, 6.07) is 3.93. The van der Waals surface area contributed by atoms with Crippen molar-refractivity contribution in [3.63, 3.8) is 0 Å². The van der Waals surface area contributed by atoms with Crippen molar-refractivity contribution in [2.45, 2.75) is 32.3 Å². The Morgan fingerprint density at radius 3 is 2.79 bits per heavy atom. The number of ether oxygens (including phenoxy) is 1. The molecule has 1 unspecified atom stereocenters. The van der Waals surface area contributed by atoms with Crippen molar-refractivity contribution in [2.24, 2.45) is 5.41 Å². The fraction of sp³-hybridized carbons (Fsp3) is 0.389. The second-order valence-corrected chi connectivity index (χ2v) is 7.20. The minimum absolute atomic E-state index is 0.0777. The largest absolute Gasteiger partial charge is 0.486 e. The van der Waals surface area contributed by atoms with Crippen molar-refractivity contribution in [1.82, 2.24) is 15.3 Å². The van der Waals surface area contributed by atoms with Crippen molar-refractivity contribution >= 4 is 17.5 Å². The number of hydrogen-bond donors (Lipinski definition) is 1. The molecule has 1 aliphatic heterocycles. The number of nitrogens with zero attached hydrogens (tertiary/aromatic N) is 2. The highest BCUT2D eigenvalue weighted by Gasteiger charge is 2.45. The Labute approximate surface area is 145 Å². The first-order valence-electron chi connectivity index (χ1n) is 8.08. The SMILES string of the molecule is CC1(C(=O)NCC2Cc3cc(-c4cncnc4)cc(Cl)c3O2)CC1. The van der Waals surface area contributed by atoms with Gasteiger partial charge in [-0.1, -0.05) is 18.5 Å². The fourth-order valence-electron chi connectivity index (χ4n) is 2.95. The van der Waals surface area contributed by atoms with E-state index in [9.17, 15) is 4.79 Å². The number of carbonyl (C=O) groups excluding carboxylic acids is 1. The van der Waals surface area contributed by atoms with Crippen LogP contribution in [0, 0.1) is 5.41 Å². The Morgan fingerprint density at radius 1 is 1.33 bits per heavy atom. The molecule has 2 aromatic rings. The van der Waals surface area contributed by atoms with E-state index in [1.165, 1.54) is 6.33 Å². The Balaban J connectivity index is 1.48. The van der Waals surface area contributed by atoms with Gasteiger partial charge in [-0.15, -0.1) is 0 Å². The molecule has 0 bridgehead atoms. The summed E-state index contributed by atoms with van der Waals surface area (Å²) in [6.07, 6.45) is 7.61. The molecule has 24 heavy (non-hydrogen) atoms. The highest BCUT2D eigenvalue weighted by atomic mass is 35.5. The van der Waals surface area contributed by atoms with Crippen LogP contribution in [0.15, 0.2) is 30.9 Å². The molecule has 124 valence electrons. The van der Waals surface area contributed by atoms with E-state index >= 15 is 0 Å². The molecule has 1 N–H and O–H groups in total. The van der Waals surface area contributed by atoms with E-state index in [0.717, 1.165) is 36.0 Å². The zero-order chi connectivity index (χ0) is 16.7. The number of amides is 1. The van der Waals surface area contributed by atoms with Gasteiger partial charge in [-0.25, -0.2) is 9.97 Å². The number of benzene rings is 1.